The van der Waals surface area contributed by atoms with Gasteiger partial charge in [-0.1, -0.05) is 0 Å². The Balaban J connectivity index is 2.03. The van der Waals surface area contributed by atoms with Gasteiger partial charge in [-0.2, -0.15) is 0 Å². The van der Waals surface area contributed by atoms with E-state index in [-0.39, 0.29) is 0 Å². The van der Waals surface area contributed by atoms with Crippen molar-refractivity contribution in [1.29, 1.82) is 0 Å². The molecule has 2 aromatic rings. The Hall–Kier alpha value is -1.84. The topological polar surface area (TPSA) is 46.2 Å². The van der Waals surface area contributed by atoms with Crippen LogP contribution in [0.1, 0.15) is 31.8 Å². The summed E-state index contributed by atoms with van der Waals surface area (Å²) in [6.45, 7) is 0. The Labute approximate surface area is 125 Å². The lowest BCUT2D eigenvalue weighted by Gasteiger charge is -2.22. The van der Waals surface area contributed by atoms with Crippen LogP contribution < -0.4 is 5.32 Å². The highest BCUT2D eigenvalue weighted by Gasteiger charge is 2.17. The van der Waals surface area contributed by atoms with Gasteiger partial charge in [-0.05, 0) is 70.7 Å². The van der Waals surface area contributed by atoms with E-state index in [1.165, 1.54) is 0 Å². The van der Waals surface area contributed by atoms with Crippen molar-refractivity contribution >= 4 is 45.1 Å². The Kier molecular flexibility index (Phi) is 3.24. The van der Waals surface area contributed by atoms with Gasteiger partial charge in [0.1, 0.15) is 0 Å². The Morgan fingerprint density at radius 1 is 0.850 bits per heavy atom. The Morgan fingerprint density at radius 2 is 1.30 bits per heavy atom. The summed E-state index contributed by atoms with van der Waals surface area (Å²) in [5, 5.41) is 2.30. The second-order valence-corrected chi connectivity index (χ2v) is 5.28. The molecule has 1 N–H and O–H groups in total. The molecule has 0 unspecified atom stereocenters. The third-order valence-corrected chi connectivity index (χ3v) is 3.75. The molecule has 1 aliphatic heterocycles. The SMILES string of the molecule is O=C(Cl)c1ccc2c(c1)Cc1cc(C(=O)Cl)ccc1N2. The predicted octanol–water partition coefficient (Wildman–Crippen LogP) is 4.09. The monoisotopic (exact) mass is 305 g/mol. The molecule has 0 aliphatic carbocycles. The molecule has 0 fully saturated rings. The highest BCUT2D eigenvalue weighted by atomic mass is 35.5. The lowest BCUT2D eigenvalue weighted by atomic mass is 9.95. The Bertz CT molecular complexity index is 679. The molecule has 0 atom stereocenters. The molecule has 2 aromatic carbocycles. The molecular formula is C15H9Cl2NO2. The number of carbonyl (C=O) groups is 2. The smallest absolute Gasteiger partial charge is 0.252 e. The van der Waals surface area contributed by atoms with Gasteiger partial charge in [0, 0.05) is 28.9 Å². The zero-order valence-electron chi connectivity index (χ0n) is 10.2. The van der Waals surface area contributed by atoms with Gasteiger partial charge in [0.25, 0.3) is 10.5 Å². The predicted molar refractivity (Wildman–Crippen MR) is 79.3 cm³/mol. The van der Waals surface area contributed by atoms with Crippen LogP contribution >= 0.6 is 23.2 Å². The van der Waals surface area contributed by atoms with E-state index >= 15 is 0 Å². The van der Waals surface area contributed by atoms with Crippen molar-refractivity contribution < 1.29 is 9.59 Å². The summed E-state index contributed by atoms with van der Waals surface area (Å²) in [4.78, 5) is 22.4. The van der Waals surface area contributed by atoms with Gasteiger partial charge in [0.15, 0.2) is 0 Å². The molecule has 3 rings (SSSR count). The zero-order chi connectivity index (χ0) is 14.3. The van der Waals surface area contributed by atoms with Crippen molar-refractivity contribution in [3.05, 3.63) is 58.7 Å². The van der Waals surface area contributed by atoms with Crippen LogP contribution in [0.5, 0.6) is 0 Å². The second-order valence-electron chi connectivity index (χ2n) is 4.59. The highest BCUT2D eigenvalue weighted by Crippen LogP contribution is 2.34. The van der Waals surface area contributed by atoms with Gasteiger partial charge < -0.3 is 5.32 Å². The molecule has 0 spiro atoms. The van der Waals surface area contributed by atoms with Crippen molar-refractivity contribution in [2.24, 2.45) is 0 Å². The van der Waals surface area contributed by atoms with Crippen molar-refractivity contribution in [3.63, 3.8) is 0 Å². The summed E-state index contributed by atoms with van der Waals surface area (Å²) >= 11 is 11.0. The van der Waals surface area contributed by atoms with E-state index in [2.05, 4.69) is 5.32 Å². The fourth-order valence-electron chi connectivity index (χ4n) is 2.32. The van der Waals surface area contributed by atoms with Crippen LogP contribution in [0.3, 0.4) is 0 Å². The maximum absolute atomic E-state index is 11.2. The normalized spacial score (nSPS) is 12.1. The summed E-state index contributed by atoms with van der Waals surface area (Å²) in [7, 11) is 0. The number of nitrogens with one attached hydrogen (secondary N) is 1. The van der Waals surface area contributed by atoms with Crippen LogP contribution in [0.2, 0.25) is 0 Å². The molecule has 100 valence electrons. The molecule has 20 heavy (non-hydrogen) atoms. The fraction of sp³-hybridized carbons (Fsp3) is 0.0667. The molecule has 0 saturated heterocycles. The largest absolute Gasteiger partial charge is 0.355 e. The first kappa shape index (κ1) is 13.2. The number of carbonyl (C=O) groups excluding carboxylic acids is 2. The van der Waals surface area contributed by atoms with E-state index in [4.69, 9.17) is 23.2 Å². The standard InChI is InChI=1S/C15H9Cl2NO2/c16-14(19)8-1-3-12-10(5-8)7-11-6-9(15(17)20)2-4-13(11)18-12/h1-6,18H,7H2. The average molecular weight is 306 g/mol. The summed E-state index contributed by atoms with van der Waals surface area (Å²) in [5.41, 5.74) is 4.71. The highest BCUT2D eigenvalue weighted by molar-refractivity contribution is 6.68. The first-order valence-electron chi connectivity index (χ1n) is 5.97. The number of anilines is 2. The number of rotatable bonds is 2. The van der Waals surface area contributed by atoms with Gasteiger partial charge in [0.2, 0.25) is 0 Å². The van der Waals surface area contributed by atoms with Crippen LogP contribution in [0.4, 0.5) is 11.4 Å². The van der Waals surface area contributed by atoms with Crippen LogP contribution in [0.15, 0.2) is 36.4 Å². The molecule has 0 bridgehead atoms. The summed E-state index contributed by atoms with van der Waals surface area (Å²) in [6.07, 6.45) is 0.619. The van der Waals surface area contributed by atoms with Crippen molar-refractivity contribution in [3.8, 4) is 0 Å². The van der Waals surface area contributed by atoms with Gasteiger partial charge >= 0.3 is 0 Å². The third kappa shape index (κ3) is 2.30. The van der Waals surface area contributed by atoms with Crippen LogP contribution in [0.25, 0.3) is 0 Å². The molecule has 3 nitrogen and oxygen atoms in total. The molecule has 1 heterocycles. The lowest BCUT2D eigenvalue weighted by molar-refractivity contribution is 0.107. The number of benzene rings is 2. The average Bonchev–Trinajstić information content (AvgIpc) is 2.43. The molecule has 0 saturated carbocycles. The van der Waals surface area contributed by atoms with Crippen molar-refractivity contribution in [2.45, 2.75) is 6.42 Å². The van der Waals surface area contributed by atoms with Gasteiger partial charge in [-0.15, -0.1) is 0 Å². The molecule has 0 aromatic heterocycles. The minimum Gasteiger partial charge on any atom is -0.355 e. The van der Waals surface area contributed by atoms with E-state index in [0.717, 1.165) is 22.5 Å². The van der Waals surface area contributed by atoms with Gasteiger partial charge in [-0.3, -0.25) is 9.59 Å². The van der Waals surface area contributed by atoms with E-state index in [1.807, 2.05) is 12.1 Å². The number of fused-ring (bicyclic) bond motifs is 2. The molecule has 1 aliphatic rings. The number of hydrogen-bond acceptors (Lipinski definition) is 3. The van der Waals surface area contributed by atoms with Crippen LogP contribution in [-0.4, -0.2) is 10.5 Å². The summed E-state index contributed by atoms with van der Waals surface area (Å²) in [6, 6.07) is 10.5. The van der Waals surface area contributed by atoms with Crippen LogP contribution in [-0.2, 0) is 6.42 Å². The maximum atomic E-state index is 11.2. The minimum atomic E-state index is -0.483. The zero-order valence-corrected chi connectivity index (χ0v) is 11.8. The minimum absolute atomic E-state index is 0.459. The van der Waals surface area contributed by atoms with E-state index in [1.54, 1.807) is 24.3 Å². The maximum Gasteiger partial charge on any atom is 0.252 e. The third-order valence-electron chi connectivity index (χ3n) is 3.31. The Morgan fingerprint density at radius 3 is 1.70 bits per heavy atom. The van der Waals surface area contributed by atoms with Gasteiger partial charge in [0.05, 0.1) is 0 Å². The molecule has 0 amide bonds. The second kappa shape index (κ2) is 4.93. The molecule has 5 heteroatoms. The molecular weight excluding hydrogens is 297 g/mol. The summed E-state index contributed by atoms with van der Waals surface area (Å²) < 4.78 is 0. The lowest BCUT2D eigenvalue weighted by Crippen LogP contribution is -2.08. The van der Waals surface area contributed by atoms with Gasteiger partial charge in [-0.25, -0.2) is 0 Å². The molecule has 0 radical (unpaired) electrons. The number of hydrogen-bond donors (Lipinski definition) is 1. The fourth-order valence-corrected chi connectivity index (χ4v) is 2.55. The van der Waals surface area contributed by atoms with E-state index in [9.17, 15) is 9.59 Å². The van der Waals surface area contributed by atoms with Crippen molar-refractivity contribution in [2.75, 3.05) is 5.32 Å². The van der Waals surface area contributed by atoms with Crippen molar-refractivity contribution in [1.82, 2.24) is 0 Å². The van der Waals surface area contributed by atoms with E-state index < -0.39 is 10.5 Å². The first-order chi connectivity index (χ1) is 9.54. The summed E-state index contributed by atoms with van der Waals surface area (Å²) in [5.74, 6) is 0. The quantitative estimate of drug-likeness (QED) is 0.725. The number of halogens is 2. The first-order valence-corrected chi connectivity index (χ1v) is 6.73. The van der Waals surface area contributed by atoms with Crippen LogP contribution in [0, 0.1) is 0 Å². The van der Waals surface area contributed by atoms with E-state index in [0.29, 0.717) is 17.5 Å².